The van der Waals surface area contributed by atoms with Gasteiger partial charge in [-0.3, -0.25) is 0 Å². The molecule has 1 aliphatic carbocycles. The van der Waals surface area contributed by atoms with Crippen molar-refractivity contribution in [3.8, 4) is 0 Å². The largest absolute Gasteiger partial charge is 0.300 e. The smallest absolute Gasteiger partial charge is 0.0121 e. The van der Waals surface area contributed by atoms with Crippen LogP contribution in [0.1, 0.15) is 32.6 Å². The summed E-state index contributed by atoms with van der Waals surface area (Å²) in [5.74, 6) is 1.06. The molecule has 1 nitrogen and oxygen atoms in total. The van der Waals surface area contributed by atoms with Crippen LogP contribution >= 0.6 is 0 Å². The van der Waals surface area contributed by atoms with Crippen LogP contribution < -0.4 is 0 Å². The van der Waals surface area contributed by atoms with Gasteiger partial charge in [-0.2, -0.15) is 0 Å². The van der Waals surface area contributed by atoms with Crippen LogP contribution in [-0.4, -0.2) is 24.0 Å². The van der Waals surface area contributed by atoms with Crippen LogP contribution in [0.15, 0.2) is 0 Å². The summed E-state index contributed by atoms with van der Waals surface area (Å²) < 4.78 is 0. The standard InChI is InChI=1S/C9H17N/c1-3-9-7-4-5-8(6-7)10(9)2/h7-9H,3-6H2,1-2H3/t7-,8+,9-/m1/s1. The Kier molecular flexibility index (Phi) is 1.48. The van der Waals surface area contributed by atoms with E-state index in [4.69, 9.17) is 0 Å². The van der Waals surface area contributed by atoms with Gasteiger partial charge in [0.25, 0.3) is 0 Å². The molecule has 0 radical (unpaired) electrons. The van der Waals surface area contributed by atoms with E-state index in [-0.39, 0.29) is 0 Å². The number of likely N-dealkylation sites (tertiary alicyclic amines) is 1. The number of hydrogen-bond acceptors (Lipinski definition) is 1. The lowest BCUT2D eigenvalue weighted by Crippen LogP contribution is -2.36. The SMILES string of the molecule is CC[C@@H]1[C@@H]2CC[C@@H](C2)N1C. The molecule has 0 aromatic rings. The molecule has 0 unspecified atom stereocenters. The number of hydrogen-bond donors (Lipinski definition) is 0. The van der Waals surface area contributed by atoms with E-state index < -0.39 is 0 Å². The highest BCUT2D eigenvalue weighted by atomic mass is 15.2. The Hall–Kier alpha value is -0.0400. The van der Waals surface area contributed by atoms with Gasteiger partial charge in [-0.15, -0.1) is 0 Å². The summed E-state index contributed by atoms with van der Waals surface area (Å²) in [5, 5.41) is 0. The second kappa shape index (κ2) is 2.23. The van der Waals surface area contributed by atoms with Crippen LogP contribution in [0.2, 0.25) is 0 Å². The number of piperidine rings is 1. The molecule has 3 atom stereocenters. The fraction of sp³-hybridized carbons (Fsp3) is 1.00. The van der Waals surface area contributed by atoms with E-state index in [1.807, 2.05) is 0 Å². The van der Waals surface area contributed by atoms with E-state index in [9.17, 15) is 0 Å². The van der Waals surface area contributed by atoms with Gasteiger partial charge in [-0.25, -0.2) is 0 Å². The zero-order valence-electron chi connectivity index (χ0n) is 7.01. The monoisotopic (exact) mass is 139 g/mol. The van der Waals surface area contributed by atoms with Crippen LogP contribution in [0, 0.1) is 5.92 Å². The summed E-state index contributed by atoms with van der Waals surface area (Å²) in [6.07, 6.45) is 5.83. The lowest BCUT2D eigenvalue weighted by molar-refractivity contribution is 0.171. The quantitative estimate of drug-likeness (QED) is 0.536. The fourth-order valence-electron chi connectivity index (χ4n) is 2.94. The van der Waals surface area contributed by atoms with Crippen molar-refractivity contribution in [1.29, 1.82) is 0 Å². The number of rotatable bonds is 1. The average molecular weight is 139 g/mol. The predicted molar refractivity (Wildman–Crippen MR) is 43.0 cm³/mol. The Morgan fingerprint density at radius 2 is 2.20 bits per heavy atom. The first kappa shape index (κ1) is 6.66. The lowest BCUT2D eigenvalue weighted by Gasteiger charge is -2.30. The van der Waals surface area contributed by atoms with Crippen LogP contribution in [-0.2, 0) is 0 Å². The molecule has 2 aliphatic rings. The van der Waals surface area contributed by atoms with Gasteiger partial charge in [-0.05, 0) is 38.6 Å². The molecule has 10 heavy (non-hydrogen) atoms. The minimum Gasteiger partial charge on any atom is -0.300 e. The van der Waals surface area contributed by atoms with Crippen molar-refractivity contribution in [3.05, 3.63) is 0 Å². The molecular formula is C9H17N. The van der Waals surface area contributed by atoms with Crippen molar-refractivity contribution < 1.29 is 0 Å². The molecule has 2 rings (SSSR count). The maximum Gasteiger partial charge on any atom is 0.0121 e. The Morgan fingerprint density at radius 1 is 1.40 bits per heavy atom. The second-order valence-electron chi connectivity index (χ2n) is 3.87. The molecule has 1 heteroatoms. The first-order valence-electron chi connectivity index (χ1n) is 4.55. The van der Waals surface area contributed by atoms with Crippen molar-refractivity contribution in [3.63, 3.8) is 0 Å². The van der Waals surface area contributed by atoms with Crippen LogP contribution in [0.5, 0.6) is 0 Å². The van der Waals surface area contributed by atoms with Gasteiger partial charge < -0.3 is 4.90 Å². The topological polar surface area (TPSA) is 3.24 Å². The molecule has 1 saturated heterocycles. The zero-order chi connectivity index (χ0) is 7.14. The zero-order valence-corrected chi connectivity index (χ0v) is 7.01. The second-order valence-corrected chi connectivity index (χ2v) is 3.87. The van der Waals surface area contributed by atoms with Gasteiger partial charge in [-0.1, -0.05) is 6.92 Å². The van der Waals surface area contributed by atoms with Gasteiger partial charge in [0.1, 0.15) is 0 Å². The van der Waals surface area contributed by atoms with Gasteiger partial charge in [0.05, 0.1) is 0 Å². The highest BCUT2D eigenvalue weighted by Gasteiger charge is 2.42. The molecule has 1 heterocycles. The average Bonchev–Trinajstić information content (AvgIpc) is 2.46. The molecule has 1 aliphatic heterocycles. The third kappa shape index (κ3) is 0.731. The molecule has 0 N–H and O–H groups in total. The maximum atomic E-state index is 2.61. The summed E-state index contributed by atoms with van der Waals surface area (Å²) in [5.41, 5.74) is 0. The van der Waals surface area contributed by atoms with Crippen LogP contribution in [0.25, 0.3) is 0 Å². The fourth-order valence-corrected chi connectivity index (χ4v) is 2.94. The molecule has 2 fully saturated rings. The summed E-state index contributed by atoms with van der Waals surface area (Å²) in [6.45, 7) is 2.32. The molecule has 0 aromatic heterocycles. The summed E-state index contributed by atoms with van der Waals surface area (Å²) in [6, 6.07) is 1.88. The molecule has 58 valence electrons. The van der Waals surface area contributed by atoms with E-state index in [1.54, 1.807) is 0 Å². The molecule has 2 bridgehead atoms. The lowest BCUT2D eigenvalue weighted by atomic mass is 9.97. The third-order valence-electron chi connectivity index (χ3n) is 3.51. The van der Waals surface area contributed by atoms with Gasteiger partial charge in [0, 0.05) is 12.1 Å². The van der Waals surface area contributed by atoms with E-state index in [0.717, 1.165) is 18.0 Å². The molecule has 0 amide bonds. The van der Waals surface area contributed by atoms with Crippen LogP contribution in [0.3, 0.4) is 0 Å². The number of nitrogens with zero attached hydrogens (tertiary/aromatic N) is 1. The minimum absolute atomic E-state index is 0.929. The van der Waals surface area contributed by atoms with Gasteiger partial charge in [0.2, 0.25) is 0 Å². The Labute approximate surface area is 63.4 Å². The van der Waals surface area contributed by atoms with E-state index in [0.29, 0.717) is 0 Å². The molecule has 1 saturated carbocycles. The highest BCUT2D eigenvalue weighted by Crippen LogP contribution is 2.42. The van der Waals surface area contributed by atoms with Crippen molar-refractivity contribution >= 4 is 0 Å². The van der Waals surface area contributed by atoms with Crippen molar-refractivity contribution in [2.75, 3.05) is 7.05 Å². The Morgan fingerprint density at radius 3 is 2.60 bits per heavy atom. The van der Waals surface area contributed by atoms with Crippen molar-refractivity contribution in [2.45, 2.75) is 44.7 Å². The summed E-state index contributed by atoms with van der Waals surface area (Å²) in [4.78, 5) is 2.61. The third-order valence-corrected chi connectivity index (χ3v) is 3.51. The first-order valence-corrected chi connectivity index (χ1v) is 4.55. The van der Waals surface area contributed by atoms with E-state index in [2.05, 4.69) is 18.9 Å². The molecular weight excluding hydrogens is 122 g/mol. The summed E-state index contributed by atoms with van der Waals surface area (Å²) >= 11 is 0. The van der Waals surface area contributed by atoms with Crippen molar-refractivity contribution in [1.82, 2.24) is 4.90 Å². The normalized spacial score (nSPS) is 46.8. The van der Waals surface area contributed by atoms with E-state index in [1.165, 1.54) is 25.7 Å². The van der Waals surface area contributed by atoms with Crippen molar-refractivity contribution in [2.24, 2.45) is 5.92 Å². The maximum absolute atomic E-state index is 2.61. The summed E-state index contributed by atoms with van der Waals surface area (Å²) in [7, 11) is 2.30. The highest BCUT2D eigenvalue weighted by molar-refractivity contribution is 4.97. The molecule has 0 spiro atoms. The predicted octanol–water partition coefficient (Wildman–Crippen LogP) is 1.88. The van der Waals surface area contributed by atoms with Gasteiger partial charge >= 0.3 is 0 Å². The van der Waals surface area contributed by atoms with E-state index >= 15 is 0 Å². The van der Waals surface area contributed by atoms with Gasteiger partial charge in [0.15, 0.2) is 0 Å². The Bertz CT molecular complexity index is 131. The molecule has 0 aromatic carbocycles. The minimum atomic E-state index is 0.929. The number of fused-ring (bicyclic) bond motifs is 2. The first-order chi connectivity index (χ1) is 4.83. The Balaban J connectivity index is 2.10. The van der Waals surface area contributed by atoms with Crippen LogP contribution in [0.4, 0.5) is 0 Å².